The smallest absolute Gasteiger partial charge is 0.323 e. The highest BCUT2D eigenvalue weighted by Crippen LogP contribution is 2.12. The lowest BCUT2D eigenvalue weighted by molar-refractivity contribution is -0.148. The number of carbonyl (C=O) groups is 2. The van der Waals surface area contributed by atoms with E-state index in [1.54, 1.807) is 4.90 Å². The van der Waals surface area contributed by atoms with Crippen molar-refractivity contribution in [3.8, 4) is 0 Å². The van der Waals surface area contributed by atoms with Crippen LogP contribution in [0.4, 0.5) is 0 Å². The number of carbonyl (C=O) groups excluding carboxylic acids is 2. The van der Waals surface area contributed by atoms with Gasteiger partial charge in [-0.25, -0.2) is 0 Å². The van der Waals surface area contributed by atoms with E-state index in [0.717, 1.165) is 0 Å². The van der Waals surface area contributed by atoms with Gasteiger partial charge in [0.2, 0.25) is 5.91 Å². The van der Waals surface area contributed by atoms with Crippen molar-refractivity contribution in [3.05, 3.63) is 0 Å². The number of nitrogens with zero attached hydrogens (tertiary/aromatic N) is 1. The Hall–Kier alpha value is -1.30. The summed E-state index contributed by atoms with van der Waals surface area (Å²) in [6, 6.07) is -3.93. The largest absolute Gasteiger partial charge is 0.462 e. The van der Waals surface area contributed by atoms with Crippen molar-refractivity contribution in [2.24, 2.45) is 17.4 Å². The number of nitrogens with two attached hydrogens (primary N) is 2. The molecule has 132 valence electrons. The minimum absolute atomic E-state index is 0.000282. The van der Waals surface area contributed by atoms with Crippen LogP contribution in [0.3, 0.4) is 0 Å². The number of hydrogen-bond acceptors (Lipinski definition) is 9. The Balaban J connectivity index is 1.87. The summed E-state index contributed by atoms with van der Waals surface area (Å²) in [7, 11) is 0. The van der Waals surface area contributed by atoms with Gasteiger partial charge in [0.05, 0.1) is 20.8 Å². The zero-order chi connectivity index (χ0) is 23.8. The third kappa shape index (κ3) is 4.59. The SMILES string of the molecule is [2H]C([2H])([2H])C([2H])(C([2H])([2H])[2H])[C@]([2H])(N)C(=O)OCCOCN1CNC2C(=O)NC(N)NC21. The van der Waals surface area contributed by atoms with Crippen molar-refractivity contribution in [2.75, 3.05) is 26.6 Å². The fourth-order valence-electron chi connectivity index (χ4n) is 2.22. The van der Waals surface area contributed by atoms with E-state index in [-0.39, 0.29) is 19.2 Å². The number of esters is 1. The average molecular weight is 338 g/mol. The van der Waals surface area contributed by atoms with Gasteiger partial charge in [0.1, 0.15) is 31.7 Å². The molecule has 10 heteroatoms. The fourth-order valence-corrected chi connectivity index (χ4v) is 2.22. The number of hydrogen-bond donors (Lipinski definition) is 5. The molecule has 0 aliphatic carbocycles. The van der Waals surface area contributed by atoms with Crippen LogP contribution in [0.5, 0.6) is 0 Å². The van der Waals surface area contributed by atoms with Crippen molar-refractivity contribution in [3.63, 3.8) is 0 Å². The molecule has 0 radical (unpaired) electrons. The molecule has 0 aromatic rings. The molecule has 2 fully saturated rings. The summed E-state index contributed by atoms with van der Waals surface area (Å²) in [5.41, 5.74) is 11.1. The first-order valence-corrected chi connectivity index (χ1v) is 6.87. The molecule has 2 aliphatic rings. The predicted octanol–water partition coefficient (Wildman–Crippen LogP) is -2.99. The Kier molecular flexibility index (Phi) is 3.43. The lowest BCUT2D eigenvalue weighted by Crippen LogP contribution is -2.70. The maximum absolute atomic E-state index is 12.2. The number of fused-ring (bicyclic) bond motifs is 1. The molecule has 1 amide bonds. The molecule has 0 aromatic heterocycles. The Labute approximate surface area is 146 Å². The Morgan fingerprint density at radius 1 is 1.57 bits per heavy atom. The maximum atomic E-state index is 12.2. The predicted molar refractivity (Wildman–Crippen MR) is 81.3 cm³/mol. The fraction of sp³-hybridized carbons (Fsp3) is 0.846. The third-order valence-corrected chi connectivity index (χ3v) is 3.36. The van der Waals surface area contributed by atoms with E-state index < -0.39 is 56.7 Å². The van der Waals surface area contributed by atoms with Gasteiger partial charge in [0.25, 0.3) is 0 Å². The lowest BCUT2D eigenvalue weighted by Gasteiger charge is -2.34. The van der Waals surface area contributed by atoms with Crippen LogP contribution in [-0.2, 0) is 19.1 Å². The van der Waals surface area contributed by atoms with E-state index in [2.05, 4.69) is 16.0 Å². The summed E-state index contributed by atoms with van der Waals surface area (Å²) in [6.07, 6.45) is -1.16. The Bertz CT molecular complexity index is 676. The monoisotopic (exact) mass is 338 g/mol. The lowest BCUT2D eigenvalue weighted by atomic mass is 10.1. The second-order valence-electron chi connectivity index (χ2n) is 4.99. The summed E-state index contributed by atoms with van der Waals surface area (Å²) in [5, 5.41) is 8.44. The van der Waals surface area contributed by atoms with Crippen LogP contribution in [-0.4, -0.2) is 67.9 Å². The molecule has 3 unspecified atom stereocenters. The highest BCUT2D eigenvalue weighted by molar-refractivity contribution is 5.83. The first-order valence-electron chi connectivity index (χ1n) is 10.9. The van der Waals surface area contributed by atoms with Crippen LogP contribution in [0.15, 0.2) is 0 Å². The van der Waals surface area contributed by atoms with E-state index in [4.69, 9.17) is 31.9 Å². The van der Waals surface area contributed by atoms with Gasteiger partial charge in [-0.05, 0) is 5.89 Å². The molecule has 2 rings (SSSR count). The summed E-state index contributed by atoms with van der Waals surface area (Å²) in [5.74, 6) is -5.57. The van der Waals surface area contributed by atoms with Crippen molar-refractivity contribution in [1.29, 1.82) is 0 Å². The molecule has 0 aromatic carbocycles. The van der Waals surface area contributed by atoms with Crippen molar-refractivity contribution in [1.82, 2.24) is 20.9 Å². The second-order valence-corrected chi connectivity index (χ2v) is 4.99. The zero-order valence-corrected chi connectivity index (χ0v) is 12.3. The van der Waals surface area contributed by atoms with Crippen LogP contribution in [0.25, 0.3) is 0 Å². The molecule has 2 heterocycles. The van der Waals surface area contributed by atoms with Gasteiger partial charge in [0.15, 0.2) is 0 Å². The topological polar surface area (TPSA) is 144 Å². The van der Waals surface area contributed by atoms with Gasteiger partial charge in [-0.1, -0.05) is 13.7 Å². The molecular weight excluding hydrogens is 304 g/mol. The summed E-state index contributed by atoms with van der Waals surface area (Å²) in [4.78, 5) is 25.7. The molecular formula is C13H26N6O4. The van der Waals surface area contributed by atoms with E-state index >= 15 is 0 Å². The van der Waals surface area contributed by atoms with Crippen molar-refractivity contribution >= 4 is 11.9 Å². The third-order valence-electron chi connectivity index (χ3n) is 3.36. The van der Waals surface area contributed by atoms with Gasteiger partial charge < -0.3 is 20.5 Å². The molecule has 0 saturated carbocycles. The first-order chi connectivity index (χ1) is 14.0. The molecule has 4 atom stereocenters. The van der Waals surface area contributed by atoms with Crippen LogP contribution < -0.4 is 27.4 Å². The highest BCUT2D eigenvalue weighted by Gasteiger charge is 2.42. The van der Waals surface area contributed by atoms with Crippen LogP contribution >= 0.6 is 0 Å². The van der Waals surface area contributed by atoms with Crippen LogP contribution in [0.2, 0.25) is 0 Å². The Morgan fingerprint density at radius 3 is 3.09 bits per heavy atom. The number of amides is 1. The van der Waals surface area contributed by atoms with Crippen molar-refractivity contribution in [2.45, 2.75) is 38.2 Å². The van der Waals surface area contributed by atoms with Gasteiger partial charge in [-0.2, -0.15) is 0 Å². The quantitative estimate of drug-likeness (QED) is 0.242. The minimum Gasteiger partial charge on any atom is -0.462 e. The van der Waals surface area contributed by atoms with Crippen molar-refractivity contribution < 1.29 is 30.0 Å². The molecule has 0 bridgehead atoms. The van der Waals surface area contributed by atoms with Crippen LogP contribution in [0.1, 0.15) is 24.7 Å². The standard InChI is InChI=1S/C13H26N6O4/c1-7(2)8(14)12(21)23-4-3-22-6-19-5-16-9-10(19)17-13(15)18-11(9)20/h7-10,13,16-17H,3-6,14-15H2,1-2H3,(H,18,20)/t8-,9?,10?,13?/m0/s1/i1D3,2D3,7D,8D. The highest BCUT2D eigenvalue weighted by atomic mass is 16.6. The summed E-state index contributed by atoms with van der Waals surface area (Å²) in [6.45, 7) is -7.51. The number of nitrogens with one attached hydrogen (secondary N) is 3. The molecule has 23 heavy (non-hydrogen) atoms. The zero-order valence-electron chi connectivity index (χ0n) is 20.3. The Morgan fingerprint density at radius 2 is 2.35 bits per heavy atom. The first kappa shape index (κ1) is 9.87. The number of rotatable bonds is 7. The molecule has 2 saturated heterocycles. The molecule has 10 nitrogen and oxygen atoms in total. The number of ether oxygens (including phenoxy) is 2. The molecule has 0 spiro atoms. The van der Waals surface area contributed by atoms with Gasteiger partial charge in [-0.3, -0.25) is 30.9 Å². The maximum Gasteiger partial charge on any atom is 0.323 e. The van der Waals surface area contributed by atoms with E-state index in [0.29, 0.717) is 6.67 Å². The summed E-state index contributed by atoms with van der Waals surface area (Å²) < 4.78 is 69.8. The average Bonchev–Trinajstić information content (AvgIpc) is 3.01. The minimum atomic E-state index is -3.62. The van der Waals surface area contributed by atoms with E-state index in [1.165, 1.54) is 0 Å². The molecule has 7 N–H and O–H groups in total. The van der Waals surface area contributed by atoms with Gasteiger partial charge in [-0.15, -0.1) is 0 Å². The second kappa shape index (κ2) is 7.99. The van der Waals surface area contributed by atoms with Gasteiger partial charge >= 0.3 is 5.97 Å². The van der Waals surface area contributed by atoms with E-state index in [1.807, 2.05) is 0 Å². The van der Waals surface area contributed by atoms with Crippen LogP contribution in [0, 0.1) is 5.89 Å². The normalized spacial score (nSPS) is 37.3. The molecule has 2 aliphatic heterocycles. The van der Waals surface area contributed by atoms with Gasteiger partial charge in [0, 0.05) is 9.60 Å². The van der Waals surface area contributed by atoms with E-state index in [9.17, 15) is 9.59 Å². The summed E-state index contributed by atoms with van der Waals surface area (Å²) >= 11 is 0.